The summed E-state index contributed by atoms with van der Waals surface area (Å²) in [5, 5.41) is 5.33. The molecule has 6 heteroatoms. The fourth-order valence-corrected chi connectivity index (χ4v) is 5.95. The van der Waals surface area contributed by atoms with E-state index < -0.39 is 0 Å². The minimum atomic E-state index is 0.519. The van der Waals surface area contributed by atoms with Gasteiger partial charge in [-0.15, -0.1) is 0 Å². The maximum Gasteiger partial charge on any atom is 0.238 e. The van der Waals surface area contributed by atoms with Crippen LogP contribution in [0.15, 0.2) is 132 Å². The second kappa shape index (κ2) is 8.81. The number of hydrogen-bond acceptors (Lipinski definition) is 5. The molecule has 4 aromatic heterocycles. The van der Waals surface area contributed by atoms with E-state index in [1.165, 1.54) is 0 Å². The number of aromatic nitrogens is 5. The SMILES string of the molecule is c1ccc(-c2nc(-c3ccccc3)nc(-n3c4cc5ncccc5cc4c4ccc5c6ccccc6oc5c43)n2)cc1. The number of nitrogens with zero attached hydrogens (tertiary/aromatic N) is 5. The van der Waals surface area contributed by atoms with Gasteiger partial charge in [-0.2, -0.15) is 9.97 Å². The lowest BCUT2D eigenvalue weighted by atomic mass is 10.1. The number of benzene rings is 5. The summed E-state index contributed by atoms with van der Waals surface area (Å²) in [6.07, 6.45) is 1.82. The predicted molar refractivity (Wildman–Crippen MR) is 168 cm³/mol. The Morgan fingerprint density at radius 3 is 2.00 bits per heavy atom. The molecule has 0 fully saturated rings. The van der Waals surface area contributed by atoms with E-state index in [0.29, 0.717) is 17.6 Å². The van der Waals surface area contributed by atoms with Crippen LogP contribution in [0.4, 0.5) is 0 Å². The van der Waals surface area contributed by atoms with Gasteiger partial charge >= 0.3 is 0 Å². The minimum Gasteiger partial charge on any atom is -0.454 e. The van der Waals surface area contributed by atoms with Gasteiger partial charge in [-0.1, -0.05) is 91.0 Å². The Kier molecular flexibility index (Phi) is 4.80. The second-order valence-electron chi connectivity index (χ2n) is 10.4. The zero-order valence-corrected chi connectivity index (χ0v) is 22.3. The third-order valence-electron chi connectivity index (χ3n) is 7.88. The van der Waals surface area contributed by atoms with Crippen molar-refractivity contribution < 1.29 is 4.42 Å². The lowest BCUT2D eigenvalue weighted by Crippen LogP contribution is -2.06. The molecule has 42 heavy (non-hydrogen) atoms. The summed E-state index contributed by atoms with van der Waals surface area (Å²) < 4.78 is 8.69. The van der Waals surface area contributed by atoms with E-state index >= 15 is 0 Å². The van der Waals surface area contributed by atoms with Gasteiger partial charge in [0.1, 0.15) is 11.1 Å². The molecule has 0 atom stereocenters. The summed E-state index contributed by atoms with van der Waals surface area (Å²) in [6, 6.07) is 40.9. The molecular weight excluding hydrogens is 518 g/mol. The lowest BCUT2D eigenvalue weighted by molar-refractivity contribution is 0.670. The molecule has 0 aliphatic rings. The monoisotopic (exact) mass is 539 g/mol. The van der Waals surface area contributed by atoms with Crippen molar-refractivity contribution in [1.82, 2.24) is 24.5 Å². The van der Waals surface area contributed by atoms with Crippen LogP contribution < -0.4 is 0 Å². The van der Waals surface area contributed by atoms with Crippen LogP contribution in [-0.4, -0.2) is 24.5 Å². The van der Waals surface area contributed by atoms with Crippen molar-refractivity contribution >= 4 is 54.6 Å². The molecule has 0 unspecified atom stereocenters. The number of pyridine rings is 1. The molecule has 4 heterocycles. The highest BCUT2D eigenvalue weighted by molar-refractivity contribution is 6.22. The quantitative estimate of drug-likeness (QED) is 0.224. The summed E-state index contributed by atoms with van der Waals surface area (Å²) in [7, 11) is 0. The van der Waals surface area contributed by atoms with Crippen LogP contribution in [0.5, 0.6) is 0 Å². The van der Waals surface area contributed by atoms with Gasteiger partial charge in [0.25, 0.3) is 0 Å². The first-order valence-electron chi connectivity index (χ1n) is 13.8. The van der Waals surface area contributed by atoms with Gasteiger partial charge in [0.05, 0.1) is 11.0 Å². The van der Waals surface area contributed by atoms with E-state index in [2.05, 4.69) is 45.9 Å². The van der Waals surface area contributed by atoms with Gasteiger partial charge in [-0.25, -0.2) is 4.98 Å². The van der Waals surface area contributed by atoms with Crippen molar-refractivity contribution in [2.45, 2.75) is 0 Å². The summed E-state index contributed by atoms with van der Waals surface area (Å²) >= 11 is 0. The van der Waals surface area contributed by atoms with Gasteiger partial charge in [0.2, 0.25) is 5.95 Å². The first-order valence-corrected chi connectivity index (χ1v) is 13.8. The van der Waals surface area contributed by atoms with Crippen molar-refractivity contribution in [3.05, 3.63) is 128 Å². The largest absolute Gasteiger partial charge is 0.454 e. The third-order valence-corrected chi connectivity index (χ3v) is 7.88. The highest BCUT2D eigenvalue weighted by Gasteiger charge is 2.22. The maximum atomic E-state index is 6.58. The normalized spacial score (nSPS) is 11.8. The number of furan rings is 1. The Morgan fingerprint density at radius 1 is 0.548 bits per heavy atom. The van der Waals surface area contributed by atoms with Crippen molar-refractivity contribution in [2.75, 3.05) is 0 Å². The molecule has 196 valence electrons. The zero-order valence-electron chi connectivity index (χ0n) is 22.3. The molecule has 0 spiro atoms. The van der Waals surface area contributed by atoms with Crippen molar-refractivity contribution in [2.24, 2.45) is 0 Å². The molecule has 9 rings (SSSR count). The van der Waals surface area contributed by atoms with Crippen LogP contribution in [0.2, 0.25) is 0 Å². The van der Waals surface area contributed by atoms with Gasteiger partial charge in [0.15, 0.2) is 17.2 Å². The second-order valence-corrected chi connectivity index (χ2v) is 10.4. The van der Waals surface area contributed by atoms with Gasteiger partial charge in [0, 0.05) is 44.3 Å². The number of para-hydroxylation sites is 1. The van der Waals surface area contributed by atoms with E-state index in [-0.39, 0.29) is 0 Å². The van der Waals surface area contributed by atoms with Gasteiger partial charge < -0.3 is 4.42 Å². The van der Waals surface area contributed by atoms with Gasteiger partial charge in [-0.3, -0.25) is 9.55 Å². The summed E-state index contributed by atoms with van der Waals surface area (Å²) in [6.45, 7) is 0. The van der Waals surface area contributed by atoms with Crippen LogP contribution in [0.3, 0.4) is 0 Å². The van der Waals surface area contributed by atoms with E-state index in [1.807, 2.05) is 91.1 Å². The molecule has 6 nitrogen and oxygen atoms in total. The molecule has 0 aliphatic carbocycles. The Bertz CT molecular complexity index is 2400. The number of hydrogen-bond donors (Lipinski definition) is 0. The molecule has 0 radical (unpaired) electrons. The number of rotatable bonds is 3. The highest BCUT2D eigenvalue weighted by Crippen LogP contribution is 2.41. The van der Waals surface area contributed by atoms with Crippen LogP contribution in [0, 0.1) is 0 Å². The summed E-state index contributed by atoms with van der Waals surface area (Å²) in [5.41, 5.74) is 6.24. The van der Waals surface area contributed by atoms with E-state index in [9.17, 15) is 0 Å². The van der Waals surface area contributed by atoms with Crippen LogP contribution in [-0.2, 0) is 0 Å². The first-order chi connectivity index (χ1) is 20.8. The van der Waals surface area contributed by atoms with Crippen molar-refractivity contribution in [1.29, 1.82) is 0 Å². The average Bonchev–Trinajstić information content (AvgIpc) is 3.60. The molecule has 0 bridgehead atoms. The lowest BCUT2D eigenvalue weighted by Gasteiger charge is -2.11. The Morgan fingerprint density at radius 2 is 1.24 bits per heavy atom. The highest BCUT2D eigenvalue weighted by atomic mass is 16.3. The van der Waals surface area contributed by atoms with Crippen LogP contribution in [0.25, 0.3) is 83.4 Å². The summed E-state index contributed by atoms with van der Waals surface area (Å²) in [5.74, 6) is 1.72. The minimum absolute atomic E-state index is 0.519. The molecule has 9 aromatic rings. The van der Waals surface area contributed by atoms with Crippen molar-refractivity contribution in [3.8, 4) is 28.7 Å². The van der Waals surface area contributed by atoms with E-state index in [1.54, 1.807) is 0 Å². The third kappa shape index (κ3) is 3.39. The fraction of sp³-hybridized carbons (Fsp3) is 0. The Balaban J connectivity index is 1.47. The molecule has 0 amide bonds. The molecule has 0 N–H and O–H groups in total. The molecule has 0 saturated carbocycles. The van der Waals surface area contributed by atoms with Gasteiger partial charge in [-0.05, 0) is 30.3 Å². The topological polar surface area (TPSA) is 69.6 Å². The van der Waals surface area contributed by atoms with E-state index in [0.717, 1.165) is 65.8 Å². The van der Waals surface area contributed by atoms with Crippen LogP contribution >= 0.6 is 0 Å². The molecule has 0 saturated heterocycles. The Hall–Kier alpha value is -5.88. The Labute approximate surface area is 239 Å². The van der Waals surface area contributed by atoms with Crippen molar-refractivity contribution in [3.63, 3.8) is 0 Å². The van der Waals surface area contributed by atoms with Crippen LogP contribution in [0.1, 0.15) is 0 Å². The van der Waals surface area contributed by atoms with E-state index in [4.69, 9.17) is 19.4 Å². The average molecular weight is 540 g/mol. The standard InChI is InChI=1S/C36H21N5O/c1-3-10-22(11-4-1)34-38-35(23-12-5-2-6-13-23)40-36(39-34)41-30-21-29-24(14-9-19-37-29)20-28(30)26-17-18-27-25-15-7-8-16-31(25)42-33(27)32(26)41/h1-21H. The smallest absolute Gasteiger partial charge is 0.238 e. The molecular formula is C36H21N5O. The summed E-state index contributed by atoms with van der Waals surface area (Å²) in [4.78, 5) is 19.8. The molecule has 5 aromatic carbocycles. The zero-order chi connectivity index (χ0) is 27.6. The molecule has 0 aliphatic heterocycles. The maximum absolute atomic E-state index is 6.58. The number of fused-ring (bicyclic) bond motifs is 8. The first kappa shape index (κ1) is 22.9. The fourth-order valence-electron chi connectivity index (χ4n) is 5.95. The predicted octanol–water partition coefficient (Wildman–Crippen LogP) is 8.75.